The Kier molecular flexibility index (Phi) is 8.62. The first-order chi connectivity index (χ1) is 14.0. The van der Waals surface area contributed by atoms with E-state index in [2.05, 4.69) is 15.6 Å². The minimum atomic E-state index is -0.511. The van der Waals surface area contributed by atoms with E-state index in [9.17, 15) is 4.79 Å². The number of guanidine groups is 1. The number of aliphatic imine (C=N–C) groups is 1. The number of ether oxygens (including phenoxy) is 3. The van der Waals surface area contributed by atoms with Crippen molar-refractivity contribution in [2.45, 2.75) is 19.6 Å². The summed E-state index contributed by atoms with van der Waals surface area (Å²) in [7, 11) is 3.32. The highest BCUT2D eigenvalue weighted by molar-refractivity contribution is 5.79. The lowest BCUT2D eigenvalue weighted by molar-refractivity contribution is -0.119. The SMILES string of the molecule is CN=C(NCc1cccc(OCC(N)=O)c1)NCC(C)Oc1ccccc1OC. The predicted octanol–water partition coefficient (Wildman–Crippen LogP) is 1.69. The number of rotatable bonds is 10. The number of methoxy groups -OCH3 is 1. The molecule has 0 aliphatic heterocycles. The molecule has 2 aromatic rings. The molecule has 0 radical (unpaired) electrons. The Bertz CT molecular complexity index is 826. The fourth-order valence-electron chi connectivity index (χ4n) is 2.52. The lowest BCUT2D eigenvalue weighted by Crippen LogP contribution is -2.41. The first kappa shape index (κ1) is 21.9. The third kappa shape index (κ3) is 7.61. The zero-order chi connectivity index (χ0) is 21.1. The number of para-hydroxylation sites is 2. The molecular weight excluding hydrogens is 372 g/mol. The molecule has 1 unspecified atom stereocenters. The first-order valence-electron chi connectivity index (χ1n) is 9.26. The van der Waals surface area contributed by atoms with Crippen LogP contribution in [0.15, 0.2) is 53.5 Å². The summed E-state index contributed by atoms with van der Waals surface area (Å²) in [5, 5.41) is 6.46. The standard InChI is InChI=1S/C21H28N4O4/c1-15(29-19-10-5-4-9-18(19)27-3)12-24-21(23-2)25-13-16-7-6-8-17(11-16)28-14-20(22)26/h4-11,15H,12-14H2,1-3H3,(H2,22,26)(H2,23,24,25). The van der Waals surface area contributed by atoms with Gasteiger partial charge in [0.05, 0.1) is 13.7 Å². The number of nitrogens with one attached hydrogen (secondary N) is 2. The van der Waals surface area contributed by atoms with Crippen LogP contribution in [0.2, 0.25) is 0 Å². The van der Waals surface area contributed by atoms with Crippen molar-refractivity contribution < 1.29 is 19.0 Å². The average Bonchev–Trinajstić information content (AvgIpc) is 2.73. The van der Waals surface area contributed by atoms with Crippen LogP contribution in [-0.4, -0.2) is 45.3 Å². The van der Waals surface area contributed by atoms with Crippen LogP contribution < -0.4 is 30.6 Å². The molecule has 0 heterocycles. The summed E-state index contributed by atoms with van der Waals surface area (Å²) in [6.07, 6.45) is -0.102. The fourth-order valence-corrected chi connectivity index (χ4v) is 2.52. The summed E-state index contributed by atoms with van der Waals surface area (Å²) >= 11 is 0. The molecule has 2 rings (SSSR count). The molecule has 0 fully saturated rings. The van der Waals surface area contributed by atoms with Crippen molar-refractivity contribution in [2.24, 2.45) is 10.7 Å². The summed E-state index contributed by atoms with van der Waals surface area (Å²) < 4.78 is 16.6. The molecule has 0 saturated carbocycles. The number of nitrogens with two attached hydrogens (primary N) is 1. The number of hydrogen-bond acceptors (Lipinski definition) is 5. The summed E-state index contributed by atoms with van der Waals surface area (Å²) in [5.41, 5.74) is 6.08. The lowest BCUT2D eigenvalue weighted by atomic mass is 10.2. The van der Waals surface area contributed by atoms with E-state index in [1.807, 2.05) is 49.4 Å². The Hall–Kier alpha value is -3.42. The Morgan fingerprint density at radius 3 is 2.59 bits per heavy atom. The van der Waals surface area contributed by atoms with Gasteiger partial charge in [0.15, 0.2) is 24.1 Å². The van der Waals surface area contributed by atoms with Gasteiger partial charge in [0.25, 0.3) is 5.91 Å². The van der Waals surface area contributed by atoms with E-state index in [4.69, 9.17) is 19.9 Å². The van der Waals surface area contributed by atoms with Crippen LogP contribution >= 0.6 is 0 Å². The second kappa shape index (κ2) is 11.4. The highest BCUT2D eigenvalue weighted by atomic mass is 16.5. The molecule has 8 nitrogen and oxygen atoms in total. The van der Waals surface area contributed by atoms with Crippen LogP contribution in [0.4, 0.5) is 0 Å². The van der Waals surface area contributed by atoms with Gasteiger partial charge in [-0.25, -0.2) is 0 Å². The van der Waals surface area contributed by atoms with Crippen molar-refractivity contribution in [3.8, 4) is 17.2 Å². The first-order valence-corrected chi connectivity index (χ1v) is 9.26. The van der Waals surface area contributed by atoms with E-state index in [1.54, 1.807) is 20.2 Å². The van der Waals surface area contributed by atoms with Gasteiger partial charge in [-0.05, 0) is 36.8 Å². The maximum atomic E-state index is 10.8. The zero-order valence-corrected chi connectivity index (χ0v) is 17.0. The van der Waals surface area contributed by atoms with Crippen LogP contribution in [-0.2, 0) is 11.3 Å². The molecule has 0 spiro atoms. The third-order valence-electron chi connectivity index (χ3n) is 3.92. The van der Waals surface area contributed by atoms with Gasteiger partial charge in [-0.1, -0.05) is 24.3 Å². The van der Waals surface area contributed by atoms with E-state index in [0.717, 1.165) is 5.56 Å². The molecule has 29 heavy (non-hydrogen) atoms. The molecule has 1 atom stereocenters. The van der Waals surface area contributed by atoms with Gasteiger partial charge in [-0.2, -0.15) is 0 Å². The van der Waals surface area contributed by atoms with Crippen molar-refractivity contribution in [3.05, 3.63) is 54.1 Å². The summed E-state index contributed by atoms with van der Waals surface area (Å²) in [5.74, 6) is 2.11. The van der Waals surface area contributed by atoms with E-state index in [-0.39, 0.29) is 12.7 Å². The van der Waals surface area contributed by atoms with Crippen molar-refractivity contribution in [3.63, 3.8) is 0 Å². The smallest absolute Gasteiger partial charge is 0.255 e. The predicted molar refractivity (Wildman–Crippen MR) is 112 cm³/mol. The number of hydrogen-bond donors (Lipinski definition) is 3. The normalized spacial score (nSPS) is 12.0. The molecule has 0 bridgehead atoms. The van der Waals surface area contributed by atoms with E-state index < -0.39 is 5.91 Å². The third-order valence-corrected chi connectivity index (χ3v) is 3.92. The van der Waals surface area contributed by atoms with Gasteiger partial charge in [0.1, 0.15) is 11.9 Å². The number of primary amides is 1. The highest BCUT2D eigenvalue weighted by Gasteiger charge is 2.09. The molecule has 0 aliphatic rings. The largest absolute Gasteiger partial charge is 0.493 e. The summed E-state index contributed by atoms with van der Waals surface area (Å²) in [4.78, 5) is 15.1. The quantitative estimate of drug-likeness (QED) is 0.414. The Morgan fingerprint density at radius 1 is 1.14 bits per heavy atom. The molecule has 0 aromatic heterocycles. The van der Waals surface area contributed by atoms with E-state index >= 15 is 0 Å². The van der Waals surface area contributed by atoms with Gasteiger partial charge >= 0.3 is 0 Å². The highest BCUT2D eigenvalue weighted by Crippen LogP contribution is 2.26. The molecule has 0 saturated heterocycles. The van der Waals surface area contributed by atoms with Crippen LogP contribution in [0.25, 0.3) is 0 Å². The van der Waals surface area contributed by atoms with Crippen LogP contribution in [0.5, 0.6) is 17.2 Å². The summed E-state index contributed by atoms with van der Waals surface area (Å²) in [6, 6.07) is 14.9. The minimum Gasteiger partial charge on any atom is -0.493 e. The molecule has 4 N–H and O–H groups in total. The van der Waals surface area contributed by atoms with Gasteiger partial charge in [-0.15, -0.1) is 0 Å². The zero-order valence-electron chi connectivity index (χ0n) is 17.0. The second-order valence-electron chi connectivity index (χ2n) is 6.29. The molecule has 8 heteroatoms. The maximum absolute atomic E-state index is 10.8. The second-order valence-corrected chi connectivity index (χ2v) is 6.29. The number of nitrogens with zero attached hydrogens (tertiary/aromatic N) is 1. The number of amides is 1. The molecule has 2 aromatic carbocycles. The van der Waals surface area contributed by atoms with Crippen molar-refractivity contribution in [1.29, 1.82) is 0 Å². The van der Waals surface area contributed by atoms with Gasteiger partial charge in [0, 0.05) is 13.6 Å². The summed E-state index contributed by atoms with van der Waals surface area (Å²) in [6.45, 7) is 2.91. The number of benzene rings is 2. The van der Waals surface area contributed by atoms with E-state index in [1.165, 1.54) is 0 Å². The van der Waals surface area contributed by atoms with Crippen LogP contribution in [0.3, 0.4) is 0 Å². The van der Waals surface area contributed by atoms with Crippen molar-refractivity contribution in [2.75, 3.05) is 27.3 Å². The van der Waals surface area contributed by atoms with Crippen LogP contribution in [0.1, 0.15) is 12.5 Å². The van der Waals surface area contributed by atoms with Crippen molar-refractivity contribution in [1.82, 2.24) is 10.6 Å². The lowest BCUT2D eigenvalue weighted by Gasteiger charge is -2.19. The fraction of sp³-hybridized carbons (Fsp3) is 0.333. The molecule has 156 valence electrons. The van der Waals surface area contributed by atoms with Gasteiger partial charge in [-0.3, -0.25) is 9.79 Å². The Morgan fingerprint density at radius 2 is 1.90 bits per heavy atom. The van der Waals surface area contributed by atoms with Gasteiger partial charge < -0.3 is 30.6 Å². The number of carbonyl (C=O) groups excluding carboxylic acids is 1. The Labute approximate surface area is 171 Å². The van der Waals surface area contributed by atoms with Crippen LogP contribution in [0, 0.1) is 0 Å². The van der Waals surface area contributed by atoms with E-state index in [0.29, 0.717) is 36.3 Å². The molecular formula is C21H28N4O4. The number of carbonyl (C=O) groups is 1. The maximum Gasteiger partial charge on any atom is 0.255 e. The molecule has 0 aliphatic carbocycles. The van der Waals surface area contributed by atoms with Gasteiger partial charge in [0.2, 0.25) is 0 Å². The monoisotopic (exact) mass is 400 g/mol. The van der Waals surface area contributed by atoms with Crippen molar-refractivity contribution >= 4 is 11.9 Å². The minimum absolute atomic E-state index is 0.102. The Balaban J connectivity index is 1.82. The topological polar surface area (TPSA) is 107 Å². The average molecular weight is 400 g/mol. The molecule has 1 amide bonds.